The van der Waals surface area contributed by atoms with Crippen LogP contribution in [0.5, 0.6) is 0 Å². The van der Waals surface area contributed by atoms with E-state index in [1.165, 1.54) is 18.2 Å². The number of thioether (sulfide) groups is 1. The molecule has 13 heavy (non-hydrogen) atoms. The predicted octanol–water partition coefficient (Wildman–Crippen LogP) is 3.48. The van der Waals surface area contributed by atoms with Gasteiger partial charge in [0.15, 0.2) is 5.12 Å². The molecule has 0 aromatic carbocycles. The zero-order valence-corrected chi connectivity index (χ0v) is 9.96. The lowest BCUT2D eigenvalue weighted by Crippen LogP contribution is -2.33. The van der Waals surface area contributed by atoms with E-state index in [0.717, 1.165) is 18.6 Å². The van der Waals surface area contributed by atoms with Crippen molar-refractivity contribution < 1.29 is 4.79 Å². The normalized spacial score (nSPS) is 20.9. The van der Waals surface area contributed by atoms with Crippen molar-refractivity contribution >= 4 is 16.9 Å². The van der Waals surface area contributed by atoms with Crippen molar-refractivity contribution in [1.82, 2.24) is 0 Å². The fraction of sp³-hybridized carbons (Fsp3) is 0.909. The molecule has 76 valence electrons. The minimum atomic E-state index is 0.0237. The maximum atomic E-state index is 11.8. The Morgan fingerprint density at radius 1 is 1.38 bits per heavy atom. The van der Waals surface area contributed by atoms with Crippen molar-refractivity contribution in [2.75, 3.05) is 5.75 Å². The summed E-state index contributed by atoms with van der Waals surface area (Å²) in [6.45, 7) is 8.64. The first kappa shape index (κ1) is 11.1. The van der Waals surface area contributed by atoms with Gasteiger partial charge in [0.1, 0.15) is 0 Å². The molecule has 1 aliphatic carbocycles. The fourth-order valence-electron chi connectivity index (χ4n) is 1.37. The standard InChI is InChI=1S/C11H20OS/c1-10(2,3)8-13-9(12)11(4)6-5-7-11/h5-8H2,1-4H3. The summed E-state index contributed by atoms with van der Waals surface area (Å²) in [4.78, 5) is 11.8. The number of carbonyl (C=O) groups is 1. The van der Waals surface area contributed by atoms with Crippen LogP contribution in [-0.4, -0.2) is 10.9 Å². The highest BCUT2D eigenvalue weighted by Crippen LogP contribution is 2.44. The van der Waals surface area contributed by atoms with Gasteiger partial charge in [0.05, 0.1) is 0 Å². The van der Waals surface area contributed by atoms with Gasteiger partial charge >= 0.3 is 0 Å². The Morgan fingerprint density at radius 3 is 2.23 bits per heavy atom. The molecule has 1 rings (SSSR count). The van der Waals surface area contributed by atoms with Crippen molar-refractivity contribution in [2.24, 2.45) is 10.8 Å². The second-order valence-electron chi connectivity index (χ2n) is 5.55. The highest BCUT2D eigenvalue weighted by molar-refractivity contribution is 8.13. The van der Waals surface area contributed by atoms with Gasteiger partial charge in [0.2, 0.25) is 0 Å². The minimum Gasteiger partial charge on any atom is -0.287 e. The topological polar surface area (TPSA) is 17.1 Å². The molecule has 1 nitrogen and oxygen atoms in total. The van der Waals surface area contributed by atoms with Gasteiger partial charge in [-0.1, -0.05) is 45.9 Å². The van der Waals surface area contributed by atoms with Crippen LogP contribution in [0.2, 0.25) is 0 Å². The molecule has 0 aromatic rings. The Morgan fingerprint density at radius 2 is 1.92 bits per heavy atom. The van der Waals surface area contributed by atoms with Gasteiger partial charge in [0.25, 0.3) is 0 Å². The fourth-order valence-corrected chi connectivity index (χ4v) is 2.48. The van der Waals surface area contributed by atoms with Gasteiger partial charge < -0.3 is 0 Å². The summed E-state index contributed by atoms with van der Waals surface area (Å²) < 4.78 is 0. The van der Waals surface area contributed by atoms with Crippen LogP contribution in [0, 0.1) is 10.8 Å². The highest BCUT2D eigenvalue weighted by atomic mass is 32.2. The lowest BCUT2D eigenvalue weighted by atomic mass is 9.72. The van der Waals surface area contributed by atoms with Crippen LogP contribution in [0.4, 0.5) is 0 Å². The van der Waals surface area contributed by atoms with Crippen LogP contribution in [0.1, 0.15) is 47.0 Å². The molecule has 0 amide bonds. The molecule has 0 aromatic heterocycles. The molecule has 0 radical (unpaired) electrons. The molecule has 1 aliphatic rings. The molecule has 0 aliphatic heterocycles. The minimum absolute atomic E-state index is 0.0237. The van der Waals surface area contributed by atoms with E-state index in [2.05, 4.69) is 27.7 Å². The largest absolute Gasteiger partial charge is 0.287 e. The van der Waals surface area contributed by atoms with Gasteiger partial charge in [-0.15, -0.1) is 0 Å². The van der Waals surface area contributed by atoms with Crippen LogP contribution in [0.3, 0.4) is 0 Å². The van der Waals surface area contributed by atoms with Crippen LogP contribution in [0.25, 0.3) is 0 Å². The molecule has 0 atom stereocenters. The summed E-state index contributed by atoms with van der Waals surface area (Å²) in [5.41, 5.74) is 0.288. The van der Waals surface area contributed by atoms with Crippen molar-refractivity contribution in [2.45, 2.75) is 47.0 Å². The second kappa shape index (κ2) is 3.64. The molecule has 1 saturated carbocycles. The molecular formula is C11H20OS. The molecule has 0 bridgehead atoms. The van der Waals surface area contributed by atoms with Crippen LogP contribution >= 0.6 is 11.8 Å². The first-order valence-electron chi connectivity index (χ1n) is 5.01. The summed E-state index contributed by atoms with van der Waals surface area (Å²) in [5, 5.41) is 0.411. The van der Waals surface area contributed by atoms with Crippen LogP contribution in [0.15, 0.2) is 0 Å². The second-order valence-corrected chi connectivity index (χ2v) is 6.50. The molecule has 0 unspecified atom stereocenters. The van der Waals surface area contributed by atoms with E-state index in [4.69, 9.17) is 0 Å². The van der Waals surface area contributed by atoms with Crippen molar-refractivity contribution in [3.63, 3.8) is 0 Å². The zero-order valence-electron chi connectivity index (χ0n) is 9.14. The third-order valence-electron chi connectivity index (χ3n) is 2.59. The SMILES string of the molecule is CC(C)(C)CSC(=O)C1(C)CCC1. The number of rotatable bonds is 2. The Bertz CT molecular complexity index is 199. The number of carbonyl (C=O) groups excluding carboxylic acids is 1. The molecule has 2 heteroatoms. The first-order chi connectivity index (χ1) is 5.83. The van der Waals surface area contributed by atoms with E-state index in [9.17, 15) is 4.79 Å². The maximum Gasteiger partial charge on any atom is 0.194 e. The van der Waals surface area contributed by atoms with Gasteiger partial charge in [-0.05, 0) is 18.3 Å². The summed E-state index contributed by atoms with van der Waals surface area (Å²) in [6, 6.07) is 0. The van der Waals surface area contributed by atoms with Gasteiger partial charge in [-0.25, -0.2) is 0 Å². The van der Waals surface area contributed by atoms with E-state index in [1.54, 1.807) is 0 Å². The molecule has 0 N–H and O–H groups in total. The van der Waals surface area contributed by atoms with Crippen molar-refractivity contribution in [3.05, 3.63) is 0 Å². The predicted molar refractivity (Wildman–Crippen MR) is 58.9 cm³/mol. The monoisotopic (exact) mass is 200 g/mol. The zero-order chi connectivity index (χ0) is 10.1. The molecule has 0 saturated heterocycles. The average molecular weight is 200 g/mol. The van der Waals surface area contributed by atoms with E-state index in [-0.39, 0.29) is 10.8 Å². The Kier molecular flexibility index (Phi) is 3.11. The summed E-state index contributed by atoms with van der Waals surface area (Å²) in [5.74, 6) is 0.946. The lowest BCUT2D eigenvalue weighted by Gasteiger charge is -2.36. The third-order valence-corrected chi connectivity index (χ3v) is 4.35. The maximum absolute atomic E-state index is 11.8. The van der Waals surface area contributed by atoms with E-state index < -0.39 is 0 Å². The quantitative estimate of drug-likeness (QED) is 0.679. The Hall–Kier alpha value is 0.0200. The Labute approximate surface area is 85.7 Å². The molecular weight excluding hydrogens is 180 g/mol. The van der Waals surface area contributed by atoms with Crippen molar-refractivity contribution in [3.8, 4) is 0 Å². The first-order valence-corrected chi connectivity index (χ1v) is 5.99. The van der Waals surface area contributed by atoms with Gasteiger partial charge in [-0.3, -0.25) is 4.79 Å². The van der Waals surface area contributed by atoms with E-state index >= 15 is 0 Å². The van der Waals surface area contributed by atoms with Crippen LogP contribution in [-0.2, 0) is 4.79 Å². The summed E-state index contributed by atoms with van der Waals surface area (Å²) >= 11 is 1.53. The molecule has 1 fully saturated rings. The van der Waals surface area contributed by atoms with Crippen molar-refractivity contribution in [1.29, 1.82) is 0 Å². The third kappa shape index (κ3) is 3.01. The highest BCUT2D eigenvalue weighted by Gasteiger charge is 2.39. The van der Waals surface area contributed by atoms with Gasteiger partial charge in [-0.2, -0.15) is 0 Å². The van der Waals surface area contributed by atoms with Crippen LogP contribution < -0.4 is 0 Å². The summed E-state index contributed by atoms with van der Waals surface area (Å²) in [6.07, 6.45) is 3.43. The lowest BCUT2D eigenvalue weighted by molar-refractivity contribution is -0.122. The molecule has 0 heterocycles. The smallest absolute Gasteiger partial charge is 0.194 e. The Balaban J connectivity index is 2.34. The number of hydrogen-bond donors (Lipinski definition) is 0. The van der Waals surface area contributed by atoms with E-state index in [0.29, 0.717) is 5.12 Å². The molecule has 0 spiro atoms. The number of hydrogen-bond acceptors (Lipinski definition) is 2. The average Bonchev–Trinajstić information content (AvgIpc) is 1.94. The van der Waals surface area contributed by atoms with Gasteiger partial charge in [0, 0.05) is 11.2 Å². The van der Waals surface area contributed by atoms with E-state index in [1.807, 2.05) is 0 Å². The summed E-state index contributed by atoms with van der Waals surface area (Å²) in [7, 11) is 0.